The minimum absolute atomic E-state index is 0.0188. The van der Waals surface area contributed by atoms with E-state index >= 15 is 0 Å². The van der Waals surface area contributed by atoms with Gasteiger partial charge >= 0.3 is 27.3 Å². The Kier molecular flexibility index (Phi) is 8.68. The number of halogens is 2. The van der Waals surface area contributed by atoms with Crippen LogP contribution in [0.1, 0.15) is 31.2 Å². The van der Waals surface area contributed by atoms with Gasteiger partial charge in [-0.15, -0.1) is 0 Å². The SMILES string of the molecule is BCc1cc(B)cc(B)c1OC(=O)CCCCC(=O)OCC(F)(F)S(=O)(=O)O. The van der Waals surface area contributed by atoms with Crippen LogP contribution in [0.4, 0.5) is 8.78 Å². The highest BCUT2D eigenvalue weighted by Gasteiger charge is 2.45. The molecule has 1 aromatic rings. The van der Waals surface area contributed by atoms with Crippen molar-refractivity contribution in [2.75, 3.05) is 6.61 Å². The standard InChI is InChI=1S/C15H21B3F2O7S/c16-7-9-5-10(17)6-11(18)14(9)27-13(22)4-2-1-3-12(21)26-8-15(19,20)28(23,24)25/h5-6H,1-4,7-8,16-18H2,(H,23,24,25). The first-order chi connectivity index (χ1) is 12.9. The monoisotopic (exact) mass is 416 g/mol. The Morgan fingerprint density at radius 1 is 1.11 bits per heavy atom. The molecule has 0 aliphatic heterocycles. The second-order valence-electron chi connectivity index (χ2n) is 6.38. The van der Waals surface area contributed by atoms with E-state index in [0.29, 0.717) is 12.1 Å². The van der Waals surface area contributed by atoms with Crippen molar-refractivity contribution in [3.05, 3.63) is 17.7 Å². The lowest BCUT2D eigenvalue weighted by molar-refractivity contribution is -0.150. The number of ether oxygens (including phenoxy) is 2. The van der Waals surface area contributed by atoms with Gasteiger partial charge in [0.1, 0.15) is 29.3 Å². The molecule has 0 spiro atoms. The second kappa shape index (κ2) is 10.1. The molecule has 0 aromatic heterocycles. The van der Waals surface area contributed by atoms with Gasteiger partial charge in [-0.25, -0.2) is 0 Å². The number of carbonyl (C=O) groups excluding carboxylic acids is 2. The molecule has 0 aliphatic carbocycles. The maximum absolute atomic E-state index is 12.9. The molecule has 13 heteroatoms. The fourth-order valence-electron chi connectivity index (χ4n) is 2.47. The van der Waals surface area contributed by atoms with Crippen LogP contribution in [0.25, 0.3) is 0 Å². The molecule has 0 bridgehead atoms. The molecular formula is C15H21B3F2O7S. The molecule has 0 radical (unpaired) electrons. The summed E-state index contributed by atoms with van der Waals surface area (Å²) in [6.07, 6.45) is 0.864. The Morgan fingerprint density at radius 3 is 2.21 bits per heavy atom. The summed E-state index contributed by atoms with van der Waals surface area (Å²) in [5.74, 6) is -1.02. The molecule has 0 heterocycles. The number of rotatable bonds is 10. The molecule has 1 N–H and O–H groups in total. The summed E-state index contributed by atoms with van der Waals surface area (Å²) in [6.45, 7) is -1.76. The lowest BCUT2D eigenvalue weighted by Crippen LogP contribution is -2.34. The number of hydrogen-bond donors (Lipinski definition) is 1. The van der Waals surface area contributed by atoms with Crippen LogP contribution in [0, 0.1) is 0 Å². The molecule has 1 aromatic carbocycles. The predicted octanol–water partition coefficient (Wildman–Crippen LogP) is -2.17. The van der Waals surface area contributed by atoms with Gasteiger partial charge in [0.2, 0.25) is 0 Å². The first-order valence-corrected chi connectivity index (χ1v) is 10.1. The van der Waals surface area contributed by atoms with Crippen LogP contribution in [0.2, 0.25) is 0 Å². The Hall–Kier alpha value is -1.88. The molecule has 0 fully saturated rings. The minimum Gasteiger partial charge on any atom is -0.458 e. The molecule has 0 amide bonds. The zero-order valence-corrected chi connectivity index (χ0v) is 16.8. The van der Waals surface area contributed by atoms with Crippen LogP contribution < -0.4 is 15.7 Å². The van der Waals surface area contributed by atoms with E-state index in [4.69, 9.17) is 9.29 Å². The Balaban J connectivity index is 2.41. The normalized spacial score (nSPS) is 11.8. The van der Waals surface area contributed by atoms with Crippen LogP contribution in [0.3, 0.4) is 0 Å². The van der Waals surface area contributed by atoms with Crippen LogP contribution in [0.5, 0.6) is 5.75 Å². The summed E-state index contributed by atoms with van der Waals surface area (Å²) >= 11 is 0. The molecule has 7 nitrogen and oxygen atoms in total. The van der Waals surface area contributed by atoms with Crippen LogP contribution in [0.15, 0.2) is 12.1 Å². The molecule has 0 atom stereocenters. The van der Waals surface area contributed by atoms with Crippen molar-refractivity contribution >= 4 is 56.5 Å². The summed E-state index contributed by atoms with van der Waals surface area (Å²) < 4.78 is 64.5. The van der Waals surface area contributed by atoms with Crippen molar-refractivity contribution < 1.29 is 40.8 Å². The summed E-state index contributed by atoms with van der Waals surface area (Å²) in [6, 6.07) is 3.84. The average molecular weight is 416 g/mol. The summed E-state index contributed by atoms with van der Waals surface area (Å²) in [5, 5.41) is -4.56. The zero-order chi connectivity index (χ0) is 21.5. The quantitative estimate of drug-likeness (QED) is 0.152. The van der Waals surface area contributed by atoms with Crippen molar-refractivity contribution in [1.82, 2.24) is 0 Å². The van der Waals surface area contributed by atoms with Crippen molar-refractivity contribution in [1.29, 1.82) is 0 Å². The number of esters is 2. The van der Waals surface area contributed by atoms with Gasteiger partial charge in [0.25, 0.3) is 0 Å². The number of carbonyl (C=O) groups is 2. The van der Waals surface area contributed by atoms with Gasteiger partial charge < -0.3 is 9.47 Å². The fraction of sp³-hybridized carbons (Fsp3) is 0.467. The van der Waals surface area contributed by atoms with E-state index in [-0.39, 0.29) is 25.7 Å². The summed E-state index contributed by atoms with van der Waals surface area (Å²) in [7, 11) is 0.0866. The van der Waals surface area contributed by atoms with E-state index in [9.17, 15) is 26.8 Å². The maximum atomic E-state index is 12.9. The van der Waals surface area contributed by atoms with Crippen LogP contribution in [-0.4, -0.2) is 60.3 Å². The Bertz CT molecular complexity index is 831. The van der Waals surface area contributed by atoms with E-state index in [0.717, 1.165) is 16.5 Å². The number of hydrogen-bond acceptors (Lipinski definition) is 6. The first kappa shape index (κ1) is 24.2. The van der Waals surface area contributed by atoms with Gasteiger partial charge in [-0.3, -0.25) is 14.1 Å². The molecular weight excluding hydrogens is 395 g/mol. The predicted molar refractivity (Wildman–Crippen MR) is 107 cm³/mol. The van der Waals surface area contributed by atoms with Crippen molar-refractivity contribution in [2.24, 2.45) is 0 Å². The van der Waals surface area contributed by atoms with Crippen molar-refractivity contribution in [3.63, 3.8) is 0 Å². The van der Waals surface area contributed by atoms with Gasteiger partial charge in [0.15, 0.2) is 6.61 Å². The largest absolute Gasteiger partial charge is 0.458 e. The molecule has 0 aliphatic rings. The number of unbranched alkanes of at least 4 members (excludes halogenated alkanes) is 1. The lowest BCUT2D eigenvalue weighted by Gasteiger charge is -2.14. The third-order valence-electron chi connectivity index (χ3n) is 3.88. The topological polar surface area (TPSA) is 107 Å². The van der Waals surface area contributed by atoms with Crippen LogP contribution in [-0.2, 0) is 30.8 Å². The Morgan fingerprint density at radius 2 is 1.68 bits per heavy atom. The van der Waals surface area contributed by atoms with E-state index in [1.54, 1.807) is 0 Å². The third kappa shape index (κ3) is 7.27. The summed E-state index contributed by atoms with van der Waals surface area (Å²) in [5.41, 5.74) is 2.81. The molecule has 0 saturated heterocycles. The average Bonchev–Trinajstić information content (AvgIpc) is 2.58. The van der Waals surface area contributed by atoms with E-state index in [1.807, 2.05) is 35.7 Å². The molecule has 152 valence electrons. The van der Waals surface area contributed by atoms with Crippen LogP contribution >= 0.6 is 0 Å². The highest BCUT2D eigenvalue weighted by atomic mass is 32.2. The smallest absolute Gasteiger partial charge is 0.402 e. The number of alkyl halides is 2. The van der Waals surface area contributed by atoms with Gasteiger partial charge in [0.05, 0.1) is 0 Å². The molecule has 1 rings (SSSR count). The first-order valence-electron chi connectivity index (χ1n) is 8.68. The summed E-state index contributed by atoms with van der Waals surface area (Å²) in [4.78, 5) is 23.4. The zero-order valence-electron chi connectivity index (χ0n) is 16.0. The Labute approximate surface area is 165 Å². The fourth-order valence-corrected chi connectivity index (χ4v) is 2.67. The van der Waals surface area contributed by atoms with Crippen molar-refractivity contribution in [3.8, 4) is 5.75 Å². The van der Waals surface area contributed by atoms with Gasteiger partial charge in [-0.05, 0) is 23.9 Å². The van der Waals surface area contributed by atoms with Gasteiger partial charge in [-0.2, -0.15) is 17.2 Å². The minimum atomic E-state index is -5.65. The van der Waals surface area contributed by atoms with E-state index < -0.39 is 33.9 Å². The molecule has 0 unspecified atom stereocenters. The lowest BCUT2D eigenvalue weighted by atomic mass is 9.81. The van der Waals surface area contributed by atoms with E-state index in [1.165, 1.54) is 0 Å². The van der Waals surface area contributed by atoms with Crippen molar-refractivity contribution in [2.45, 2.75) is 37.3 Å². The van der Waals surface area contributed by atoms with E-state index in [2.05, 4.69) is 4.74 Å². The maximum Gasteiger partial charge on any atom is 0.402 e. The number of benzene rings is 1. The molecule has 28 heavy (non-hydrogen) atoms. The highest BCUT2D eigenvalue weighted by Crippen LogP contribution is 2.21. The second-order valence-corrected chi connectivity index (χ2v) is 7.93. The highest BCUT2D eigenvalue weighted by molar-refractivity contribution is 7.86. The molecule has 0 saturated carbocycles. The van der Waals surface area contributed by atoms with Gasteiger partial charge in [-0.1, -0.05) is 23.9 Å². The third-order valence-corrected chi connectivity index (χ3v) is 4.76. The van der Waals surface area contributed by atoms with Gasteiger partial charge in [0, 0.05) is 12.8 Å².